The third-order valence-electron chi connectivity index (χ3n) is 8.98. The molecule has 4 aliphatic heterocycles. The Morgan fingerprint density at radius 1 is 0.949 bits per heavy atom. The van der Waals surface area contributed by atoms with Crippen molar-refractivity contribution in [2.75, 3.05) is 26.2 Å². The zero-order valence-electron chi connectivity index (χ0n) is 23.3. The molecule has 7 nitrogen and oxygen atoms in total. The van der Waals surface area contributed by atoms with Gasteiger partial charge in [-0.05, 0) is 25.3 Å². The van der Waals surface area contributed by atoms with Crippen molar-refractivity contribution in [1.82, 2.24) is 14.7 Å². The highest BCUT2D eigenvalue weighted by molar-refractivity contribution is 8.02. The summed E-state index contributed by atoms with van der Waals surface area (Å²) in [4.78, 5) is 48.5. The summed E-state index contributed by atoms with van der Waals surface area (Å²) in [6, 6.07) is 8.70. The lowest BCUT2D eigenvalue weighted by molar-refractivity contribution is -0.147. The molecule has 39 heavy (non-hydrogen) atoms. The minimum Gasteiger partial charge on any atom is -0.394 e. The zero-order valence-corrected chi connectivity index (χ0v) is 24.1. The number of unbranched alkanes of at least 4 members (excludes halogenated alkanes) is 2. The Balaban J connectivity index is 1.57. The molecule has 0 saturated carbocycles. The SMILES string of the molecule is CCCCCN1CC=C[C@]23S[C@]4(C)C=CCN(Cc5ccccc5)C(=O)[C@@H]4[C@H]2C(=O)N([C@@H](CC)CO)C3C1=O. The molecule has 5 rings (SSSR count). The number of hydrogen-bond donors (Lipinski definition) is 1. The van der Waals surface area contributed by atoms with Gasteiger partial charge in [0, 0.05) is 30.9 Å². The lowest BCUT2D eigenvalue weighted by atomic mass is 9.74. The van der Waals surface area contributed by atoms with E-state index in [1.165, 1.54) is 0 Å². The second kappa shape index (κ2) is 11.1. The maximum atomic E-state index is 14.5. The van der Waals surface area contributed by atoms with Crippen LogP contribution in [0.15, 0.2) is 54.6 Å². The number of fused-ring (bicyclic) bond motifs is 2. The summed E-state index contributed by atoms with van der Waals surface area (Å²) in [5.74, 6) is -1.58. The van der Waals surface area contributed by atoms with Crippen molar-refractivity contribution in [3.63, 3.8) is 0 Å². The van der Waals surface area contributed by atoms with Crippen LogP contribution in [0.3, 0.4) is 0 Å². The van der Waals surface area contributed by atoms with Crippen molar-refractivity contribution in [2.24, 2.45) is 11.8 Å². The minimum absolute atomic E-state index is 0.0448. The largest absolute Gasteiger partial charge is 0.394 e. The highest BCUT2D eigenvalue weighted by atomic mass is 32.2. The number of carbonyl (C=O) groups excluding carboxylic acids is 3. The number of rotatable bonds is 9. The number of nitrogens with zero attached hydrogens (tertiary/aromatic N) is 3. The van der Waals surface area contributed by atoms with E-state index in [0.717, 1.165) is 24.8 Å². The van der Waals surface area contributed by atoms with Gasteiger partial charge in [-0.15, -0.1) is 11.8 Å². The van der Waals surface area contributed by atoms with Gasteiger partial charge in [-0.3, -0.25) is 14.4 Å². The Kier molecular flexibility index (Phi) is 7.98. The Labute approximate surface area is 236 Å². The normalized spacial score (nSPS) is 32.7. The van der Waals surface area contributed by atoms with Crippen LogP contribution in [-0.4, -0.2) is 85.3 Å². The molecule has 1 N–H and O–H groups in total. The summed E-state index contributed by atoms with van der Waals surface area (Å²) >= 11 is 1.60. The molecule has 0 radical (unpaired) electrons. The van der Waals surface area contributed by atoms with Gasteiger partial charge in [-0.2, -0.15) is 0 Å². The predicted molar refractivity (Wildman–Crippen MR) is 154 cm³/mol. The summed E-state index contributed by atoms with van der Waals surface area (Å²) in [5.41, 5.74) is 1.04. The summed E-state index contributed by atoms with van der Waals surface area (Å²) in [7, 11) is 0. The molecule has 210 valence electrons. The first-order valence-corrected chi connectivity index (χ1v) is 15.2. The van der Waals surface area contributed by atoms with E-state index in [1.54, 1.807) is 16.7 Å². The number of aliphatic hydroxyl groups excluding tert-OH is 1. The van der Waals surface area contributed by atoms with Crippen LogP contribution in [0.1, 0.15) is 52.0 Å². The van der Waals surface area contributed by atoms with E-state index in [4.69, 9.17) is 0 Å². The maximum Gasteiger partial charge on any atom is 0.247 e. The van der Waals surface area contributed by atoms with E-state index >= 15 is 0 Å². The molecule has 1 aromatic carbocycles. The number of carbonyl (C=O) groups is 3. The second-order valence-electron chi connectivity index (χ2n) is 11.5. The maximum absolute atomic E-state index is 14.5. The van der Waals surface area contributed by atoms with Crippen molar-refractivity contribution >= 4 is 29.5 Å². The fourth-order valence-electron chi connectivity index (χ4n) is 7.06. The van der Waals surface area contributed by atoms with Gasteiger partial charge in [0.2, 0.25) is 17.7 Å². The summed E-state index contributed by atoms with van der Waals surface area (Å²) in [6.45, 7) is 8.00. The van der Waals surface area contributed by atoms with E-state index in [2.05, 4.69) is 26.0 Å². The molecule has 0 aromatic heterocycles. The summed E-state index contributed by atoms with van der Waals surface area (Å²) < 4.78 is -1.50. The minimum atomic E-state index is -0.870. The fraction of sp³-hybridized carbons (Fsp3) is 0.581. The third kappa shape index (κ3) is 4.63. The molecule has 6 atom stereocenters. The van der Waals surface area contributed by atoms with Crippen molar-refractivity contribution in [1.29, 1.82) is 0 Å². The fourth-order valence-corrected chi connectivity index (χ4v) is 9.21. The highest BCUT2D eigenvalue weighted by Crippen LogP contribution is 2.65. The average molecular weight is 552 g/mol. The van der Waals surface area contributed by atoms with Crippen LogP contribution >= 0.6 is 11.8 Å². The van der Waals surface area contributed by atoms with E-state index < -0.39 is 33.4 Å². The highest BCUT2D eigenvalue weighted by Gasteiger charge is 2.74. The molecule has 1 unspecified atom stereocenters. The Hall–Kier alpha value is -2.58. The first-order chi connectivity index (χ1) is 18.8. The van der Waals surface area contributed by atoms with Crippen molar-refractivity contribution < 1.29 is 19.5 Å². The molecule has 1 aromatic rings. The average Bonchev–Trinajstić information content (AvgIpc) is 3.21. The van der Waals surface area contributed by atoms with Gasteiger partial charge < -0.3 is 19.8 Å². The van der Waals surface area contributed by atoms with E-state index in [9.17, 15) is 19.5 Å². The Morgan fingerprint density at radius 3 is 2.36 bits per heavy atom. The second-order valence-corrected chi connectivity index (χ2v) is 13.3. The molecular weight excluding hydrogens is 510 g/mol. The van der Waals surface area contributed by atoms with E-state index in [-0.39, 0.29) is 24.3 Å². The lowest BCUT2D eigenvalue weighted by Gasteiger charge is -2.39. The monoisotopic (exact) mass is 551 g/mol. The van der Waals surface area contributed by atoms with Crippen LogP contribution < -0.4 is 0 Å². The topological polar surface area (TPSA) is 81.2 Å². The van der Waals surface area contributed by atoms with Crippen LogP contribution in [0.25, 0.3) is 0 Å². The van der Waals surface area contributed by atoms with Crippen LogP contribution in [0.4, 0.5) is 0 Å². The Bertz CT molecular complexity index is 1150. The molecular formula is C31H41N3O4S. The third-order valence-corrected chi connectivity index (χ3v) is 10.8. The predicted octanol–water partition coefficient (Wildman–Crippen LogP) is 3.63. The smallest absolute Gasteiger partial charge is 0.247 e. The van der Waals surface area contributed by atoms with Crippen molar-refractivity contribution in [3.05, 3.63) is 60.2 Å². The van der Waals surface area contributed by atoms with Gasteiger partial charge in [0.1, 0.15) is 6.04 Å². The lowest BCUT2D eigenvalue weighted by Crippen LogP contribution is -2.56. The van der Waals surface area contributed by atoms with Gasteiger partial charge in [-0.25, -0.2) is 0 Å². The van der Waals surface area contributed by atoms with Crippen molar-refractivity contribution in [2.45, 2.75) is 74.6 Å². The standard InChI is InChI=1S/C31H41N3O4S/c1-4-6-10-17-32-18-12-16-31-25(28(37)34(23(5-2)21-35)26(31)29(32)38)24-27(36)33(19-11-15-30(24,3)39-31)20-22-13-8-7-9-14-22/h7-9,11-16,23-26,35H,4-6,10,17-21H2,1-3H3/t23-,24-,25-,26?,30+,31-/m0/s1. The van der Waals surface area contributed by atoms with Gasteiger partial charge >= 0.3 is 0 Å². The van der Waals surface area contributed by atoms with Gasteiger partial charge in [-0.1, -0.05) is 81.3 Å². The van der Waals surface area contributed by atoms with Crippen molar-refractivity contribution in [3.8, 4) is 0 Å². The number of thioether (sulfide) groups is 1. The van der Waals surface area contributed by atoms with Crippen LogP contribution in [0.2, 0.25) is 0 Å². The number of amides is 3. The summed E-state index contributed by atoms with van der Waals surface area (Å²) in [5, 5.41) is 10.3. The molecule has 0 aliphatic carbocycles. The molecule has 2 saturated heterocycles. The molecule has 0 bridgehead atoms. The number of hydrogen-bond acceptors (Lipinski definition) is 5. The van der Waals surface area contributed by atoms with E-state index in [1.807, 2.05) is 59.2 Å². The van der Waals surface area contributed by atoms with Crippen LogP contribution in [0.5, 0.6) is 0 Å². The molecule has 8 heteroatoms. The van der Waals surface area contributed by atoms with Gasteiger partial charge in [0.15, 0.2) is 0 Å². The van der Waals surface area contributed by atoms with Crippen LogP contribution in [0, 0.1) is 11.8 Å². The van der Waals surface area contributed by atoms with Gasteiger partial charge in [0.25, 0.3) is 0 Å². The molecule has 3 amide bonds. The number of aliphatic hydroxyl groups is 1. The first kappa shape index (κ1) is 28.0. The molecule has 4 heterocycles. The first-order valence-electron chi connectivity index (χ1n) is 14.4. The molecule has 1 spiro atoms. The van der Waals surface area contributed by atoms with Gasteiger partial charge in [0.05, 0.1) is 29.2 Å². The Morgan fingerprint density at radius 2 is 1.67 bits per heavy atom. The quantitative estimate of drug-likeness (QED) is 0.375. The number of likely N-dealkylation sites (tertiary alicyclic amines) is 1. The number of benzene rings is 1. The van der Waals surface area contributed by atoms with E-state index in [0.29, 0.717) is 32.6 Å². The summed E-state index contributed by atoms with van der Waals surface area (Å²) in [6.07, 6.45) is 11.8. The van der Waals surface area contributed by atoms with Crippen LogP contribution in [-0.2, 0) is 20.9 Å². The molecule has 2 fully saturated rings. The molecule has 4 aliphatic rings. The zero-order chi connectivity index (χ0) is 27.8.